The molecule has 0 spiro atoms. The number of ether oxygens (including phenoxy) is 1. The molecule has 1 fully saturated rings. The Hall–Kier alpha value is -1.41. The normalized spacial score (nSPS) is 15.3. The number of nitrogens with one attached hydrogen (secondary N) is 1. The molecule has 0 unspecified atom stereocenters. The first-order chi connectivity index (χ1) is 10.9. The maximum Gasteiger partial charge on any atom is 0.113 e. The zero-order valence-electron chi connectivity index (χ0n) is 13.6. The summed E-state index contributed by atoms with van der Waals surface area (Å²) in [6, 6.07) is 6.03. The van der Waals surface area contributed by atoms with E-state index in [0.717, 1.165) is 44.0 Å². The number of nitrogens with zero attached hydrogens (tertiary/aromatic N) is 2. The lowest BCUT2D eigenvalue weighted by atomic mass is 10.1. The minimum atomic E-state index is 0.718. The van der Waals surface area contributed by atoms with Crippen molar-refractivity contribution in [1.82, 2.24) is 15.2 Å². The Morgan fingerprint density at radius 1 is 1.27 bits per heavy atom. The van der Waals surface area contributed by atoms with E-state index in [0.29, 0.717) is 0 Å². The van der Waals surface area contributed by atoms with Crippen LogP contribution in [0.2, 0.25) is 0 Å². The predicted octanol–water partition coefficient (Wildman–Crippen LogP) is 2.05. The summed E-state index contributed by atoms with van der Waals surface area (Å²) in [5.74, 6) is 6.44. The molecule has 1 aromatic rings. The molecule has 0 amide bonds. The third kappa shape index (κ3) is 6.57. The van der Waals surface area contributed by atoms with Crippen molar-refractivity contribution in [1.29, 1.82) is 0 Å². The molecule has 1 N–H and O–H groups in total. The summed E-state index contributed by atoms with van der Waals surface area (Å²) in [6.07, 6.45) is 5.00. The smallest absolute Gasteiger partial charge is 0.113 e. The van der Waals surface area contributed by atoms with E-state index in [1.54, 1.807) is 7.11 Å². The predicted molar refractivity (Wildman–Crippen MR) is 89.6 cm³/mol. The number of rotatable bonds is 7. The lowest BCUT2D eigenvalue weighted by Gasteiger charge is -2.25. The molecule has 1 aliphatic heterocycles. The van der Waals surface area contributed by atoms with E-state index in [4.69, 9.17) is 4.74 Å². The van der Waals surface area contributed by atoms with Gasteiger partial charge in [-0.15, -0.1) is 0 Å². The van der Waals surface area contributed by atoms with Crippen LogP contribution in [0.5, 0.6) is 0 Å². The third-order valence-electron chi connectivity index (χ3n) is 3.81. The van der Waals surface area contributed by atoms with Crippen LogP contribution in [0, 0.1) is 11.8 Å². The molecule has 22 heavy (non-hydrogen) atoms. The maximum atomic E-state index is 5.01. The van der Waals surface area contributed by atoms with Crippen molar-refractivity contribution >= 4 is 0 Å². The molecule has 4 nitrogen and oxygen atoms in total. The lowest BCUT2D eigenvalue weighted by molar-refractivity contribution is 0.199. The zero-order valence-corrected chi connectivity index (χ0v) is 13.6. The summed E-state index contributed by atoms with van der Waals surface area (Å²) in [5, 5.41) is 3.30. The van der Waals surface area contributed by atoms with Crippen molar-refractivity contribution in [3.8, 4) is 11.8 Å². The monoisotopic (exact) mass is 301 g/mol. The highest BCUT2D eigenvalue weighted by atomic mass is 16.5. The first-order valence-electron chi connectivity index (χ1n) is 8.25. The highest BCUT2D eigenvalue weighted by Crippen LogP contribution is 2.08. The number of pyridine rings is 1. The van der Waals surface area contributed by atoms with Gasteiger partial charge in [-0.25, -0.2) is 4.98 Å². The fraction of sp³-hybridized carbons (Fsp3) is 0.611. The second kappa shape index (κ2) is 10.3. The van der Waals surface area contributed by atoms with Gasteiger partial charge < -0.3 is 15.0 Å². The first kappa shape index (κ1) is 17.0. The Bertz CT molecular complexity index is 487. The molecule has 0 bridgehead atoms. The highest BCUT2D eigenvalue weighted by molar-refractivity contribution is 5.28. The van der Waals surface area contributed by atoms with Gasteiger partial charge in [0.15, 0.2) is 0 Å². The molecule has 0 aromatic carbocycles. The number of likely N-dealkylation sites (tertiary alicyclic amines) is 1. The first-order valence-corrected chi connectivity index (χ1v) is 8.25. The van der Waals surface area contributed by atoms with Gasteiger partial charge >= 0.3 is 0 Å². The van der Waals surface area contributed by atoms with Crippen LogP contribution in [0.1, 0.15) is 37.1 Å². The largest absolute Gasteiger partial charge is 0.383 e. The van der Waals surface area contributed by atoms with Crippen molar-refractivity contribution in [2.24, 2.45) is 0 Å². The van der Waals surface area contributed by atoms with Crippen LogP contribution in [0.3, 0.4) is 0 Å². The van der Waals surface area contributed by atoms with Gasteiger partial charge in [0.1, 0.15) is 5.69 Å². The van der Waals surface area contributed by atoms with Gasteiger partial charge in [0.05, 0.1) is 12.3 Å². The average molecular weight is 301 g/mol. The van der Waals surface area contributed by atoms with Crippen LogP contribution in [0.4, 0.5) is 0 Å². The van der Waals surface area contributed by atoms with E-state index in [1.165, 1.54) is 32.4 Å². The van der Waals surface area contributed by atoms with Crippen LogP contribution in [-0.2, 0) is 11.3 Å². The molecule has 1 aromatic heterocycles. The minimum absolute atomic E-state index is 0.718. The van der Waals surface area contributed by atoms with Crippen molar-refractivity contribution < 1.29 is 4.74 Å². The van der Waals surface area contributed by atoms with Gasteiger partial charge in [0, 0.05) is 33.2 Å². The highest BCUT2D eigenvalue weighted by Gasteiger charge is 2.07. The molecule has 1 saturated heterocycles. The van der Waals surface area contributed by atoms with Gasteiger partial charge in [0.2, 0.25) is 0 Å². The zero-order chi connectivity index (χ0) is 15.5. The van der Waals surface area contributed by atoms with Crippen LogP contribution in [0.15, 0.2) is 18.2 Å². The molecular weight excluding hydrogens is 274 g/mol. The van der Waals surface area contributed by atoms with Crippen LogP contribution in [0.25, 0.3) is 0 Å². The fourth-order valence-corrected chi connectivity index (χ4v) is 2.59. The van der Waals surface area contributed by atoms with Crippen molar-refractivity contribution in [3.63, 3.8) is 0 Å². The number of methoxy groups -OCH3 is 1. The summed E-state index contributed by atoms with van der Waals surface area (Å²) in [4.78, 5) is 7.08. The topological polar surface area (TPSA) is 37.4 Å². The summed E-state index contributed by atoms with van der Waals surface area (Å²) in [5.41, 5.74) is 1.89. The van der Waals surface area contributed by atoms with E-state index in [-0.39, 0.29) is 0 Å². The maximum absolute atomic E-state index is 5.01. The van der Waals surface area contributed by atoms with E-state index >= 15 is 0 Å². The molecule has 1 aliphatic rings. The Morgan fingerprint density at radius 3 is 2.95 bits per heavy atom. The lowest BCUT2D eigenvalue weighted by Crippen LogP contribution is -2.30. The number of aromatic nitrogens is 1. The van der Waals surface area contributed by atoms with Crippen molar-refractivity contribution in [2.75, 3.05) is 39.9 Å². The molecule has 2 rings (SSSR count). The number of hydrogen-bond acceptors (Lipinski definition) is 4. The molecular formula is C18H27N3O. The van der Waals surface area contributed by atoms with Crippen LogP contribution < -0.4 is 5.32 Å². The molecule has 4 heteroatoms. The minimum Gasteiger partial charge on any atom is -0.383 e. The molecule has 120 valence electrons. The van der Waals surface area contributed by atoms with Gasteiger partial charge in [0.25, 0.3) is 0 Å². The fourth-order valence-electron chi connectivity index (χ4n) is 2.59. The average Bonchev–Trinajstić information content (AvgIpc) is 2.57. The van der Waals surface area contributed by atoms with Crippen LogP contribution >= 0.6 is 0 Å². The van der Waals surface area contributed by atoms with E-state index in [1.807, 2.05) is 18.2 Å². The third-order valence-corrected chi connectivity index (χ3v) is 3.81. The quantitative estimate of drug-likeness (QED) is 0.618. The summed E-state index contributed by atoms with van der Waals surface area (Å²) >= 11 is 0. The Kier molecular flexibility index (Phi) is 7.97. The summed E-state index contributed by atoms with van der Waals surface area (Å²) in [6.45, 7) is 5.88. The molecule has 0 radical (unpaired) electrons. The SMILES string of the molecule is COCCNCc1cccc(C#CCCN2CCCCC2)n1. The number of piperidine rings is 1. The van der Waals surface area contributed by atoms with Gasteiger partial charge in [-0.1, -0.05) is 18.4 Å². The molecule has 2 heterocycles. The van der Waals surface area contributed by atoms with Gasteiger partial charge in [-0.2, -0.15) is 0 Å². The Labute approximate surface area is 134 Å². The van der Waals surface area contributed by atoms with Gasteiger partial charge in [-0.3, -0.25) is 0 Å². The Balaban J connectivity index is 1.73. The number of hydrogen-bond donors (Lipinski definition) is 1. The summed E-state index contributed by atoms with van der Waals surface area (Å²) in [7, 11) is 1.71. The van der Waals surface area contributed by atoms with Crippen molar-refractivity contribution in [3.05, 3.63) is 29.6 Å². The Morgan fingerprint density at radius 2 is 2.14 bits per heavy atom. The van der Waals surface area contributed by atoms with Crippen LogP contribution in [-0.4, -0.2) is 49.8 Å². The molecule has 0 saturated carbocycles. The molecule has 0 atom stereocenters. The second-order valence-corrected chi connectivity index (χ2v) is 5.64. The van der Waals surface area contributed by atoms with Crippen molar-refractivity contribution in [2.45, 2.75) is 32.2 Å². The summed E-state index contributed by atoms with van der Waals surface area (Å²) < 4.78 is 5.01. The molecule has 0 aliphatic carbocycles. The van der Waals surface area contributed by atoms with E-state index in [2.05, 4.69) is 27.0 Å². The van der Waals surface area contributed by atoms with E-state index < -0.39 is 0 Å². The van der Waals surface area contributed by atoms with Gasteiger partial charge in [-0.05, 0) is 44.0 Å². The standard InChI is InChI=1S/C18H27N3O/c1-22-15-11-19-16-18-10-7-9-17(20-18)8-3-6-14-21-12-4-2-5-13-21/h7,9-10,19H,2,4-6,11-16H2,1H3. The second-order valence-electron chi connectivity index (χ2n) is 5.64. The van der Waals surface area contributed by atoms with E-state index in [9.17, 15) is 0 Å².